The average molecular weight is 286 g/mol. The summed E-state index contributed by atoms with van der Waals surface area (Å²) in [5.41, 5.74) is 0.715. The van der Waals surface area contributed by atoms with Crippen LogP contribution in [0.25, 0.3) is 22.2 Å². The highest BCUT2D eigenvalue weighted by Crippen LogP contribution is 2.25. The number of H-pyrrole nitrogens is 1. The lowest BCUT2D eigenvalue weighted by molar-refractivity contribution is -0.139. The Hall–Kier alpha value is -3.09. The number of nitrogens with zero attached hydrogens (tertiary/aromatic N) is 1. The summed E-state index contributed by atoms with van der Waals surface area (Å²) in [5, 5.41) is 14.0. The van der Waals surface area contributed by atoms with Gasteiger partial charge in [0.15, 0.2) is 12.4 Å². The number of carboxylic acids is 1. The molecule has 7 nitrogen and oxygen atoms in total. The molecule has 3 aromatic rings. The quantitative estimate of drug-likeness (QED) is 0.755. The lowest BCUT2D eigenvalue weighted by Gasteiger charge is -2.05. The van der Waals surface area contributed by atoms with E-state index < -0.39 is 11.7 Å². The number of hydrogen-bond acceptors (Lipinski definition) is 5. The van der Waals surface area contributed by atoms with Gasteiger partial charge in [-0.15, -0.1) is 0 Å². The van der Waals surface area contributed by atoms with Gasteiger partial charge in [0.05, 0.1) is 0 Å². The minimum atomic E-state index is -1.03. The Morgan fingerprint density at radius 3 is 2.71 bits per heavy atom. The van der Waals surface area contributed by atoms with E-state index in [0.717, 1.165) is 10.8 Å². The largest absolute Gasteiger partial charge is 0.482 e. The maximum Gasteiger partial charge on any atom is 0.439 e. The zero-order chi connectivity index (χ0) is 14.8. The summed E-state index contributed by atoms with van der Waals surface area (Å²) in [6.45, 7) is -0.385. The van der Waals surface area contributed by atoms with Crippen molar-refractivity contribution < 1.29 is 19.2 Å². The van der Waals surface area contributed by atoms with Crippen molar-refractivity contribution in [2.45, 2.75) is 0 Å². The number of carbonyl (C=O) groups is 1. The van der Waals surface area contributed by atoms with E-state index in [0.29, 0.717) is 17.1 Å². The van der Waals surface area contributed by atoms with Crippen LogP contribution in [0.2, 0.25) is 0 Å². The number of nitrogens with one attached hydrogen (secondary N) is 1. The second-order valence-corrected chi connectivity index (χ2v) is 4.35. The molecule has 2 N–H and O–H groups in total. The summed E-state index contributed by atoms with van der Waals surface area (Å²) in [5.74, 6) is -0.802. The third-order valence-corrected chi connectivity index (χ3v) is 2.89. The van der Waals surface area contributed by atoms with Gasteiger partial charge < -0.3 is 9.84 Å². The van der Waals surface area contributed by atoms with Crippen LogP contribution in [-0.4, -0.2) is 27.8 Å². The predicted molar refractivity (Wildman–Crippen MR) is 73.2 cm³/mol. The van der Waals surface area contributed by atoms with Gasteiger partial charge in [-0.3, -0.25) is 9.51 Å². The van der Waals surface area contributed by atoms with E-state index in [9.17, 15) is 9.59 Å². The van der Waals surface area contributed by atoms with Crippen LogP contribution in [0.3, 0.4) is 0 Å². The molecular formula is C14H10N2O5. The summed E-state index contributed by atoms with van der Waals surface area (Å²) in [6, 6.07) is 10.7. The molecule has 0 atom stereocenters. The zero-order valence-corrected chi connectivity index (χ0v) is 10.7. The summed E-state index contributed by atoms with van der Waals surface area (Å²) in [7, 11) is 0. The molecule has 0 spiro atoms. The van der Waals surface area contributed by atoms with Crippen molar-refractivity contribution in [1.29, 1.82) is 0 Å². The fourth-order valence-electron chi connectivity index (χ4n) is 1.96. The molecule has 21 heavy (non-hydrogen) atoms. The van der Waals surface area contributed by atoms with Crippen LogP contribution < -0.4 is 10.5 Å². The number of fused-ring (bicyclic) bond motifs is 1. The second-order valence-electron chi connectivity index (χ2n) is 4.35. The fraction of sp³-hybridized carbons (Fsp3) is 0.0714. The van der Waals surface area contributed by atoms with Crippen molar-refractivity contribution in [3.8, 4) is 17.1 Å². The van der Waals surface area contributed by atoms with Gasteiger partial charge in [0.25, 0.3) is 0 Å². The Morgan fingerprint density at radius 2 is 2.00 bits per heavy atom. The van der Waals surface area contributed by atoms with Gasteiger partial charge in [-0.1, -0.05) is 23.4 Å². The molecule has 106 valence electrons. The predicted octanol–water partition coefficient (Wildman–Crippen LogP) is 1.65. The van der Waals surface area contributed by atoms with Gasteiger partial charge in [0.1, 0.15) is 5.75 Å². The monoisotopic (exact) mass is 286 g/mol. The van der Waals surface area contributed by atoms with Gasteiger partial charge >= 0.3 is 11.7 Å². The van der Waals surface area contributed by atoms with Crippen molar-refractivity contribution in [2.75, 3.05) is 6.61 Å². The molecule has 0 radical (unpaired) electrons. The number of benzene rings is 2. The van der Waals surface area contributed by atoms with Crippen molar-refractivity contribution in [3.63, 3.8) is 0 Å². The van der Waals surface area contributed by atoms with Gasteiger partial charge in [-0.25, -0.2) is 9.59 Å². The van der Waals surface area contributed by atoms with Crippen molar-refractivity contribution in [2.24, 2.45) is 0 Å². The minimum Gasteiger partial charge on any atom is -0.482 e. The van der Waals surface area contributed by atoms with Crippen LogP contribution in [0.5, 0.6) is 5.75 Å². The van der Waals surface area contributed by atoms with Gasteiger partial charge in [-0.2, -0.15) is 0 Å². The first-order chi connectivity index (χ1) is 10.1. The fourth-order valence-corrected chi connectivity index (χ4v) is 1.96. The van der Waals surface area contributed by atoms with Gasteiger partial charge in [0.2, 0.25) is 0 Å². The highest BCUT2D eigenvalue weighted by molar-refractivity contribution is 5.87. The molecule has 0 unspecified atom stereocenters. The van der Waals surface area contributed by atoms with Crippen LogP contribution in [0.4, 0.5) is 0 Å². The Morgan fingerprint density at radius 1 is 1.24 bits per heavy atom. The average Bonchev–Trinajstić information content (AvgIpc) is 2.91. The van der Waals surface area contributed by atoms with E-state index in [1.165, 1.54) is 0 Å². The number of aliphatic carboxylic acids is 1. The third kappa shape index (κ3) is 2.76. The SMILES string of the molecule is O=C(O)COc1ccc2cc(-c3noc(=O)[nH]3)ccc2c1. The molecular weight excluding hydrogens is 276 g/mol. The molecule has 0 aliphatic heterocycles. The number of hydrogen-bond donors (Lipinski definition) is 2. The van der Waals surface area contributed by atoms with Crippen molar-refractivity contribution >= 4 is 16.7 Å². The van der Waals surface area contributed by atoms with E-state index >= 15 is 0 Å². The number of rotatable bonds is 4. The Kier molecular flexibility index (Phi) is 3.15. The Labute approximate surface area is 117 Å². The first-order valence-corrected chi connectivity index (χ1v) is 6.06. The molecule has 0 fully saturated rings. The molecule has 7 heteroatoms. The topological polar surface area (TPSA) is 105 Å². The van der Waals surface area contributed by atoms with Crippen LogP contribution in [0.1, 0.15) is 0 Å². The first-order valence-electron chi connectivity index (χ1n) is 6.06. The number of carboxylic acid groups (broad SMARTS) is 1. The molecule has 1 aromatic heterocycles. The van der Waals surface area contributed by atoms with Crippen LogP contribution >= 0.6 is 0 Å². The molecule has 0 aliphatic rings. The summed E-state index contributed by atoms with van der Waals surface area (Å²) in [4.78, 5) is 23.9. The highest BCUT2D eigenvalue weighted by Gasteiger charge is 2.06. The molecule has 0 saturated carbocycles. The number of aromatic nitrogens is 2. The number of ether oxygens (including phenoxy) is 1. The molecule has 0 bridgehead atoms. The first kappa shape index (κ1) is 12.9. The van der Waals surface area contributed by atoms with Gasteiger partial charge in [-0.05, 0) is 29.0 Å². The van der Waals surface area contributed by atoms with Crippen molar-refractivity contribution in [3.05, 3.63) is 46.9 Å². The molecule has 3 rings (SSSR count). The van der Waals surface area contributed by atoms with E-state index in [1.54, 1.807) is 24.3 Å². The van der Waals surface area contributed by atoms with E-state index in [2.05, 4.69) is 14.7 Å². The molecule has 0 saturated heterocycles. The molecule has 2 aromatic carbocycles. The molecule has 1 heterocycles. The van der Waals surface area contributed by atoms with Crippen LogP contribution in [0.15, 0.2) is 45.7 Å². The highest BCUT2D eigenvalue weighted by atomic mass is 16.5. The van der Waals surface area contributed by atoms with Crippen LogP contribution in [-0.2, 0) is 4.79 Å². The lowest BCUT2D eigenvalue weighted by Crippen LogP contribution is -2.09. The summed E-state index contributed by atoms with van der Waals surface area (Å²) >= 11 is 0. The zero-order valence-electron chi connectivity index (χ0n) is 10.7. The van der Waals surface area contributed by atoms with Crippen LogP contribution in [0, 0.1) is 0 Å². The van der Waals surface area contributed by atoms with Gasteiger partial charge in [0, 0.05) is 5.56 Å². The third-order valence-electron chi connectivity index (χ3n) is 2.89. The lowest BCUT2D eigenvalue weighted by atomic mass is 10.1. The van der Waals surface area contributed by atoms with E-state index in [1.807, 2.05) is 12.1 Å². The van der Waals surface area contributed by atoms with E-state index in [4.69, 9.17) is 9.84 Å². The van der Waals surface area contributed by atoms with Crippen molar-refractivity contribution in [1.82, 2.24) is 10.1 Å². The normalized spacial score (nSPS) is 10.7. The smallest absolute Gasteiger partial charge is 0.439 e. The summed E-state index contributed by atoms with van der Waals surface area (Å²) < 4.78 is 9.59. The molecule has 0 amide bonds. The number of aromatic amines is 1. The van der Waals surface area contributed by atoms with E-state index in [-0.39, 0.29) is 6.61 Å². The molecule has 0 aliphatic carbocycles. The maximum absolute atomic E-state index is 10.9. The second kappa shape index (κ2) is 5.12. The Bertz CT molecular complexity index is 865. The summed E-state index contributed by atoms with van der Waals surface area (Å²) in [6.07, 6.45) is 0. The maximum atomic E-state index is 10.9. The standard InChI is InChI=1S/C14H10N2O5/c17-12(18)7-20-11-4-3-8-5-10(2-1-9(8)6-11)13-15-14(19)21-16-13/h1-6H,7H2,(H,17,18)(H,15,16,19). The minimum absolute atomic E-state index is 0.355. The Balaban J connectivity index is 1.94.